The lowest BCUT2D eigenvalue weighted by molar-refractivity contribution is 0.0779. The van der Waals surface area contributed by atoms with E-state index in [0.717, 1.165) is 6.42 Å². The molecule has 1 amide bonds. The van der Waals surface area contributed by atoms with Crippen LogP contribution in [0.5, 0.6) is 0 Å². The Labute approximate surface area is 110 Å². The van der Waals surface area contributed by atoms with Gasteiger partial charge in [0.1, 0.15) is 5.15 Å². The van der Waals surface area contributed by atoms with Crippen molar-refractivity contribution in [2.45, 2.75) is 6.42 Å². The van der Waals surface area contributed by atoms with Crippen molar-refractivity contribution < 1.29 is 9.53 Å². The van der Waals surface area contributed by atoms with Crippen LogP contribution in [-0.4, -0.2) is 43.1 Å². The molecule has 0 fully saturated rings. The van der Waals surface area contributed by atoms with Gasteiger partial charge in [0.15, 0.2) is 0 Å². The summed E-state index contributed by atoms with van der Waals surface area (Å²) in [7, 11) is 3.35. The van der Waals surface area contributed by atoms with Gasteiger partial charge in [-0.15, -0.1) is 0 Å². The van der Waals surface area contributed by atoms with Crippen LogP contribution >= 0.6 is 23.2 Å². The second-order valence-corrected chi connectivity index (χ2v) is 4.33. The Morgan fingerprint density at radius 1 is 1.53 bits per heavy atom. The summed E-state index contributed by atoms with van der Waals surface area (Å²) in [6.07, 6.45) is 2.21. The van der Waals surface area contributed by atoms with Crippen molar-refractivity contribution in [3.05, 3.63) is 28.0 Å². The van der Waals surface area contributed by atoms with Crippen LogP contribution in [0.4, 0.5) is 0 Å². The lowest BCUT2D eigenvalue weighted by Gasteiger charge is -2.16. The Hall–Kier alpha value is -0.840. The van der Waals surface area contributed by atoms with Crippen molar-refractivity contribution in [2.75, 3.05) is 27.3 Å². The summed E-state index contributed by atoms with van der Waals surface area (Å²) in [6, 6.07) is 1.52. The van der Waals surface area contributed by atoms with Crippen LogP contribution in [0.1, 0.15) is 16.8 Å². The topological polar surface area (TPSA) is 42.4 Å². The van der Waals surface area contributed by atoms with Gasteiger partial charge in [-0.25, -0.2) is 4.98 Å². The summed E-state index contributed by atoms with van der Waals surface area (Å²) in [5, 5.41) is 0.480. The Balaban J connectivity index is 2.65. The normalized spacial score (nSPS) is 10.4. The number of nitrogens with zero attached hydrogens (tertiary/aromatic N) is 2. The number of methoxy groups -OCH3 is 1. The summed E-state index contributed by atoms with van der Waals surface area (Å²) in [6.45, 7) is 1.24. The first-order chi connectivity index (χ1) is 8.06. The van der Waals surface area contributed by atoms with Crippen LogP contribution in [0.15, 0.2) is 12.3 Å². The van der Waals surface area contributed by atoms with E-state index < -0.39 is 0 Å². The third kappa shape index (κ3) is 4.15. The monoisotopic (exact) mass is 276 g/mol. The first kappa shape index (κ1) is 14.2. The maximum atomic E-state index is 11.9. The van der Waals surface area contributed by atoms with Crippen LogP contribution in [0.25, 0.3) is 0 Å². The third-order valence-corrected chi connectivity index (χ3v) is 2.92. The fourth-order valence-electron chi connectivity index (χ4n) is 1.31. The Bertz CT molecular complexity index is 399. The molecule has 0 bridgehead atoms. The Morgan fingerprint density at radius 3 is 2.82 bits per heavy atom. The average molecular weight is 277 g/mol. The number of ether oxygens (including phenoxy) is 1. The van der Waals surface area contributed by atoms with Crippen molar-refractivity contribution in [3.63, 3.8) is 0 Å². The van der Waals surface area contributed by atoms with Gasteiger partial charge in [-0.3, -0.25) is 4.79 Å². The molecule has 1 heterocycles. The summed E-state index contributed by atoms with van der Waals surface area (Å²) >= 11 is 11.5. The van der Waals surface area contributed by atoms with Crippen LogP contribution < -0.4 is 0 Å². The predicted molar refractivity (Wildman–Crippen MR) is 67.7 cm³/mol. The van der Waals surface area contributed by atoms with Crippen molar-refractivity contribution >= 4 is 29.1 Å². The van der Waals surface area contributed by atoms with E-state index in [1.54, 1.807) is 19.1 Å². The van der Waals surface area contributed by atoms with Crippen LogP contribution in [0.3, 0.4) is 0 Å². The second kappa shape index (κ2) is 6.79. The number of carbonyl (C=O) groups is 1. The first-order valence-electron chi connectivity index (χ1n) is 5.11. The number of hydrogen-bond donors (Lipinski definition) is 0. The zero-order chi connectivity index (χ0) is 12.8. The van der Waals surface area contributed by atoms with Crippen molar-refractivity contribution in [1.29, 1.82) is 0 Å². The van der Waals surface area contributed by atoms with Gasteiger partial charge in [0.05, 0.1) is 10.6 Å². The van der Waals surface area contributed by atoms with E-state index in [9.17, 15) is 4.79 Å². The van der Waals surface area contributed by atoms with Crippen LogP contribution in [0, 0.1) is 0 Å². The van der Waals surface area contributed by atoms with E-state index in [2.05, 4.69) is 4.98 Å². The van der Waals surface area contributed by atoms with Crippen molar-refractivity contribution in [1.82, 2.24) is 9.88 Å². The minimum absolute atomic E-state index is 0.132. The molecule has 0 aromatic carbocycles. The highest BCUT2D eigenvalue weighted by atomic mass is 35.5. The van der Waals surface area contributed by atoms with Crippen LogP contribution in [0.2, 0.25) is 10.2 Å². The van der Waals surface area contributed by atoms with Gasteiger partial charge >= 0.3 is 0 Å². The molecule has 0 radical (unpaired) electrons. The summed E-state index contributed by atoms with van der Waals surface area (Å²) < 4.78 is 4.92. The Kier molecular flexibility index (Phi) is 5.68. The SMILES string of the molecule is COCCCN(C)C(=O)c1cnc(Cl)c(Cl)c1. The molecule has 94 valence electrons. The summed E-state index contributed by atoms with van der Waals surface area (Å²) in [5.41, 5.74) is 0.430. The molecule has 0 atom stereocenters. The van der Waals surface area contributed by atoms with E-state index in [1.807, 2.05) is 0 Å². The zero-order valence-electron chi connectivity index (χ0n) is 9.74. The third-order valence-electron chi connectivity index (χ3n) is 2.23. The zero-order valence-corrected chi connectivity index (χ0v) is 11.3. The predicted octanol–water partition coefficient (Wildman–Crippen LogP) is 2.50. The molecular weight excluding hydrogens is 263 g/mol. The van der Waals surface area contributed by atoms with E-state index >= 15 is 0 Å². The van der Waals surface area contributed by atoms with E-state index in [0.29, 0.717) is 18.7 Å². The molecule has 0 spiro atoms. The van der Waals surface area contributed by atoms with Gasteiger partial charge in [0, 0.05) is 33.5 Å². The quantitative estimate of drug-likeness (QED) is 0.613. The fourth-order valence-corrected chi connectivity index (χ4v) is 1.58. The van der Waals surface area contributed by atoms with Crippen molar-refractivity contribution in [2.24, 2.45) is 0 Å². The standard InChI is InChI=1S/C11H14Cl2N2O2/c1-15(4-3-5-17-2)11(16)8-6-9(12)10(13)14-7-8/h6-7H,3-5H2,1-2H3. The number of aromatic nitrogens is 1. The maximum absolute atomic E-state index is 11.9. The molecule has 0 N–H and O–H groups in total. The van der Waals surface area contributed by atoms with Crippen LogP contribution in [-0.2, 0) is 4.74 Å². The van der Waals surface area contributed by atoms with Gasteiger partial charge < -0.3 is 9.64 Å². The molecule has 1 aromatic rings. The molecule has 1 rings (SSSR count). The molecular formula is C11H14Cl2N2O2. The Morgan fingerprint density at radius 2 is 2.24 bits per heavy atom. The van der Waals surface area contributed by atoms with Gasteiger partial charge in [0.25, 0.3) is 5.91 Å². The second-order valence-electron chi connectivity index (χ2n) is 3.57. The number of halogens is 2. The number of carbonyl (C=O) groups excluding carboxylic acids is 1. The molecule has 4 nitrogen and oxygen atoms in total. The summed E-state index contributed by atoms with van der Waals surface area (Å²) in [4.78, 5) is 17.4. The minimum Gasteiger partial charge on any atom is -0.385 e. The van der Waals surface area contributed by atoms with E-state index in [4.69, 9.17) is 27.9 Å². The molecule has 0 aliphatic rings. The number of hydrogen-bond acceptors (Lipinski definition) is 3. The molecule has 0 saturated heterocycles. The molecule has 6 heteroatoms. The van der Waals surface area contributed by atoms with E-state index in [1.165, 1.54) is 12.3 Å². The van der Waals surface area contributed by atoms with Gasteiger partial charge in [-0.2, -0.15) is 0 Å². The van der Waals surface area contributed by atoms with Gasteiger partial charge in [-0.1, -0.05) is 23.2 Å². The minimum atomic E-state index is -0.132. The summed E-state index contributed by atoms with van der Waals surface area (Å²) in [5.74, 6) is -0.132. The molecule has 0 aliphatic heterocycles. The smallest absolute Gasteiger partial charge is 0.255 e. The highest BCUT2D eigenvalue weighted by molar-refractivity contribution is 6.41. The fraction of sp³-hybridized carbons (Fsp3) is 0.455. The lowest BCUT2D eigenvalue weighted by atomic mass is 10.2. The lowest BCUT2D eigenvalue weighted by Crippen LogP contribution is -2.28. The highest BCUT2D eigenvalue weighted by Crippen LogP contribution is 2.20. The van der Waals surface area contributed by atoms with E-state index in [-0.39, 0.29) is 16.1 Å². The van der Waals surface area contributed by atoms with Gasteiger partial charge in [-0.05, 0) is 12.5 Å². The molecule has 0 unspecified atom stereocenters. The molecule has 0 aliphatic carbocycles. The number of pyridine rings is 1. The average Bonchev–Trinajstić information content (AvgIpc) is 2.32. The number of rotatable bonds is 5. The molecule has 0 saturated carbocycles. The first-order valence-corrected chi connectivity index (χ1v) is 5.87. The maximum Gasteiger partial charge on any atom is 0.255 e. The largest absolute Gasteiger partial charge is 0.385 e. The number of amides is 1. The van der Waals surface area contributed by atoms with Gasteiger partial charge in [0.2, 0.25) is 0 Å². The molecule has 17 heavy (non-hydrogen) atoms. The molecule has 1 aromatic heterocycles. The van der Waals surface area contributed by atoms with Crippen molar-refractivity contribution in [3.8, 4) is 0 Å². The highest BCUT2D eigenvalue weighted by Gasteiger charge is 2.13.